The van der Waals surface area contributed by atoms with Crippen LogP contribution in [0.3, 0.4) is 0 Å². The van der Waals surface area contributed by atoms with Crippen molar-refractivity contribution in [1.82, 2.24) is 0 Å². The molecule has 1 aliphatic rings. The van der Waals surface area contributed by atoms with E-state index >= 15 is 0 Å². The molecule has 0 saturated carbocycles. The molecule has 0 bridgehead atoms. The summed E-state index contributed by atoms with van der Waals surface area (Å²) in [6, 6.07) is 54.4. The van der Waals surface area contributed by atoms with Crippen LogP contribution in [-0.2, 0) is 15.0 Å². The molecule has 0 aliphatic carbocycles. The highest BCUT2D eigenvalue weighted by Gasteiger charge is 2.46. The maximum absolute atomic E-state index is 6.42. The van der Waals surface area contributed by atoms with E-state index in [0.29, 0.717) is 0 Å². The van der Waals surface area contributed by atoms with Crippen LogP contribution in [0.15, 0.2) is 146 Å². The van der Waals surface area contributed by atoms with Gasteiger partial charge in [0, 0.05) is 44.0 Å². The molecule has 0 aromatic heterocycles. The predicted octanol–water partition coefficient (Wildman–Crippen LogP) is 6.63. The first-order valence-corrected chi connectivity index (χ1v) is 17.0. The van der Waals surface area contributed by atoms with Crippen LogP contribution in [0.2, 0.25) is 0 Å². The average molecular weight is 569 g/mol. The fraction of sp³-hybridized carbons (Fsp3) is 0.211. The molecule has 1 heterocycles. The van der Waals surface area contributed by atoms with Gasteiger partial charge >= 0.3 is 0 Å². The minimum atomic E-state index is -0.171. The van der Waals surface area contributed by atoms with Gasteiger partial charge in [0.15, 0.2) is 0 Å². The van der Waals surface area contributed by atoms with Gasteiger partial charge < -0.3 is 4.74 Å². The Morgan fingerprint density at radius 2 is 0.927 bits per heavy atom. The summed E-state index contributed by atoms with van der Waals surface area (Å²) in [7, 11) is 1.94. The Hall–Kier alpha value is -3.51. The first-order valence-electron chi connectivity index (χ1n) is 15.0. The van der Waals surface area contributed by atoms with Crippen molar-refractivity contribution in [2.75, 3.05) is 6.61 Å². The van der Waals surface area contributed by atoms with Crippen molar-refractivity contribution < 1.29 is 4.74 Å². The lowest BCUT2D eigenvalue weighted by molar-refractivity contribution is -0.0210. The Kier molecular flexibility index (Phi) is 8.20. The minimum absolute atomic E-state index is 0.0683. The number of ether oxygens (including phenoxy) is 1. The third kappa shape index (κ3) is 5.54. The summed E-state index contributed by atoms with van der Waals surface area (Å²) in [5.74, 6) is 0.368. The molecule has 206 valence electrons. The normalized spacial score (nSPS) is 17.7. The molecule has 5 aromatic carbocycles. The van der Waals surface area contributed by atoms with E-state index in [2.05, 4.69) is 146 Å². The van der Waals surface area contributed by atoms with Crippen LogP contribution in [0.5, 0.6) is 0 Å². The summed E-state index contributed by atoms with van der Waals surface area (Å²) in [6.07, 6.45) is 3.57. The van der Waals surface area contributed by atoms with E-state index < -0.39 is 0 Å². The maximum Gasteiger partial charge on any atom is 0.0723 e. The second-order valence-corrected chi connectivity index (χ2v) is 15.2. The van der Waals surface area contributed by atoms with Crippen molar-refractivity contribution in [3.8, 4) is 0 Å². The summed E-state index contributed by atoms with van der Waals surface area (Å²) < 4.78 is 6.42. The van der Waals surface area contributed by atoms with Gasteiger partial charge in [0.25, 0.3) is 0 Å². The largest absolute Gasteiger partial charge is 0.375 e. The van der Waals surface area contributed by atoms with E-state index in [0.717, 1.165) is 33.5 Å². The number of rotatable bonds is 8. The molecule has 1 unspecified atom stereocenters. The van der Waals surface area contributed by atoms with Crippen molar-refractivity contribution in [1.29, 1.82) is 0 Å². The molecule has 1 aliphatic heterocycles. The zero-order chi connectivity index (χ0) is 28.1. The molecule has 1 atom stereocenters. The molecular formula is C38H40OSi2. The fourth-order valence-corrected chi connectivity index (χ4v) is 9.75. The molecule has 41 heavy (non-hydrogen) atoms. The number of hydrogen-bond acceptors (Lipinski definition) is 1. The van der Waals surface area contributed by atoms with E-state index in [1.807, 2.05) is 0 Å². The Bertz CT molecular complexity index is 1350. The summed E-state index contributed by atoms with van der Waals surface area (Å²) in [6.45, 7) is 0.879. The van der Waals surface area contributed by atoms with Gasteiger partial charge in [0.2, 0.25) is 0 Å². The molecule has 3 heteroatoms. The standard InChI is InChI=1S/C38H40OSi2/c40-37(27-13-14-28-39-37)33-23-25-34(26-24-33)38(41,35(29-15-5-1-6-16-29)30-17-7-2-8-18-30)36(31-19-9-3-10-20-31)32-21-11-4-12-22-32/h1-12,15-26,35-36H,13-14,27-28H2,40-41H3. The molecule has 0 N–H and O–H groups in total. The lowest BCUT2D eigenvalue weighted by Gasteiger charge is -2.46. The quantitative estimate of drug-likeness (QED) is 0.191. The van der Waals surface area contributed by atoms with Crippen LogP contribution in [0, 0.1) is 0 Å². The highest BCUT2D eigenvalue weighted by molar-refractivity contribution is 6.18. The number of benzene rings is 5. The van der Waals surface area contributed by atoms with E-state index in [1.165, 1.54) is 46.2 Å². The maximum atomic E-state index is 6.42. The van der Waals surface area contributed by atoms with E-state index in [1.54, 1.807) is 0 Å². The van der Waals surface area contributed by atoms with Crippen LogP contribution < -0.4 is 0 Å². The van der Waals surface area contributed by atoms with Crippen LogP contribution in [0.4, 0.5) is 0 Å². The Morgan fingerprint density at radius 3 is 1.27 bits per heavy atom. The van der Waals surface area contributed by atoms with E-state index in [9.17, 15) is 0 Å². The minimum Gasteiger partial charge on any atom is -0.375 e. The molecule has 0 amide bonds. The third-order valence-corrected chi connectivity index (χ3v) is 12.4. The topological polar surface area (TPSA) is 9.23 Å². The van der Waals surface area contributed by atoms with Gasteiger partial charge in [0.05, 0.1) is 5.22 Å². The van der Waals surface area contributed by atoms with Gasteiger partial charge in [0.1, 0.15) is 0 Å². The molecule has 1 fully saturated rings. The zero-order valence-electron chi connectivity index (χ0n) is 24.2. The zero-order valence-corrected chi connectivity index (χ0v) is 28.2. The third-order valence-electron chi connectivity index (χ3n) is 9.32. The van der Waals surface area contributed by atoms with Crippen molar-refractivity contribution in [3.05, 3.63) is 179 Å². The van der Waals surface area contributed by atoms with Crippen LogP contribution in [0.25, 0.3) is 0 Å². The molecular weight excluding hydrogens is 529 g/mol. The molecule has 5 aromatic rings. The molecule has 0 radical (unpaired) electrons. The highest BCUT2D eigenvalue weighted by Crippen LogP contribution is 2.52. The average Bonchev–Trinajstić information content (AvgIpc) is 3.04. The first-order chi connectivity index (χ1) is 20.1. The predicted molar refractivity (Wildman–Crippen MR) is 179 cm³/mol. The van der Waals surface area contributed by atoms with Crippen molar-refractivity contribution in [2.45, 2.75) is 41.4 Å². The second-order valence-electron chi connectivity index (χ2n) is 11.9. The molecule has 1 nitrogen and oxygen atoms in total. The summed E-state index contributed by atoms with van der Waals surface area (Å²) in [4.78, 5) is 0. The van der Waals surface area contributed by atoms with Crippen LogP contribution >= 0.6 is 0 Å². The van der Waals surface area contributed by atoms with Gasteiger partial charge in [-0.1, -0.05) is 146 Å². The monoisotopic (exact) mass is 568 g/mol. The summed E-state index contributed by atoms with van der Waals surface area (Å²) in [5, 5.41) is -0.239. The van der Waals surface area contributed by atoms with E-state index in [-0.39, 0.29) is 22.1 Å². The fourth-order valence-electron chi connectivity index (χ4n) is 7.20. The molecule has 0 spiro atoms. The number of hydrogen-bond donors (Lipinski definition) is 0. The van der Waals surface area contributed by atoms with Crippen molar-refractivity contribution >= 4 is 20.5 Å². The van der Waals surface area contributed by atoms with Gasteiger partial charge in [-0.05, 0) is 52.6 Å². The Balaban J connectivity index is 1.61. The first kappa shape index (κ1) is 27.7. The smallest absolute Gasteiger partial charge is 0.0723 e. The molecule has 1 saturated heterocycles. The van der Waals surface area contributed by atoms with Crippen LogP contribution in [-0.4, -0.2) is 27.1 Å². The highest BCUT2D eigenvalue weighted by atomic mass is 28.1. The van der Waals surface area contributed by atoms with Gasteiger partial charge in [-0.2, -0.15) is 0 Å². The lowest BCUT2D eigenvalue weighted by Crippen LogP contribution is -2.42. The van der Waals surface area contributed by atoms with E-state index in [4.69, 9.17) is 4.74 Å². The summed E-state index contributed by atoms with van der Waals surface area (Å²) in [5.41, 5.74) is 8.22. The van der Waals surface area contributed by atoms with Gasteiger partial charge in [-0.15, -0.1) is 0 Å². The van der Waals surface area contributed by atoms with Crippen molar-refractivity contribution in [3.63, 3.8) is 0 Å². The Morgan fingerprint density at radius 1 is 0.537 bits per heavy atom. The SMILES string of the molecule is [SiH3]C1(c2ccc(C([SiH3])(C(c3ccccc3)c3ccccc3)C(c3ccccc3)c3ccccc3)cc2)CCCCO1. The lowest BCUT2D eigenvalue weighted by atomic mass is 9.65. The van der Waals surface area contributed by atoms with Gasteiger partial charge in [-0.25, -0.2) is 0 Å². The van der Waals surface area contributed by atoms with Crippen molar-refractivity contribution in [2.24, 2.45) is 0 Å². The molecule has 6 rings (SSSR count). The second kappa shape index (κ2) is 12.2. The summed E-state index contributed by atoms with van der Waals surface area (Å²) >= 11 is 0. The Labute approximate surface area is 251 Å². The van der Waals surface area contributed by atoms with Gasteiger partial charge in [-0.3, -0.25) is 0 Å². The van der Waals surface area contributed by atoms with Crippen LogP contribution in [0.1, 0.15) is 64.5 Å².